The van der Waals surface area contributed by atoms with Gasteiger partial charge in [-0.1, -0.05) is 6.08 Å². The van der Waals surface area contributed by atoms with Gasteiger partial charge in [-0.15, -0.1) is 0 Å². The van der Waals surface area contributed by atoms with E-state index in [1.807, 2.05) is 0 Å². The average Bonchev–Trinajstić information content (AvgIpc) is 2.30. The first-order valence-electron chi connectivity index (χ1n) is 5.26. The van der Waals surface area contributed by atoms with E-state index in [0.29, 0.717) is 11.3 Å². The highest BCUT2D eigenvalue weighted by atomic mass is 16.5. The first-order chi connectivity index (χ1) is 8.11. The predicted octanol–water partition coefficient (Wildman–Crippen LogP) is -0.155. The molecule has 0 aliphatic carbocycles. The van der Waals surface area contributed by atoms with Gasteiger partial charge in [0.1, 0.15) is 6.73 Å². The third kappa shape index (κ3) is 3.15. The van der Waals surface area contributed by atoms with Crippen molar-refractivity contribution in [1.82, 2.24) is 9.55 Å². The van der Waals surface area contributed by atoms with Gasteiger partial charge in [0.15, 0.2) is 0 Å². The number of rotatable bonds is 5. The van der Waals surface area contributed by atoms with Crippen LogP contribution in [0.15, 0.2) is 15.7 Å². The van der Waals surface area contributed by atoms with Gasteiger partial charge in [-0.05, 0) is 19.9 Å². The van der Waals surface area contributed by atoms with E-state index in [2.05, 4.69) is 4.98 Å². The van der Waals surface area contributed by atoms with Crippen molar-refractivity contribution in [1.29, 1.82) is 0 Å². The molecular formula is C11H16N2O4. The zero-order valence-electron chi connectivity index (χ0n) is 9.90. The van der Waals surface area contributed by atoms with Crippen LogP contribution in [0.5, 0.6) is 0 Å². The predicted molar refractivity (Wildman–Crippen MR) is 63.8 cm³/mol. The molecule has 1 rings (SSSR count). The minimum atomic E-state index is -0.522. The van der Waals surface area contributed by atoms with Crippen LogP contribution in [-0.2, 0) is 11.5 Å². The molecule has 0 bridgehead atoms. The zero-order chi connectivity index (χ0) is 12.8. The van der Waals surface area contributed by atoms with Crippen LogP contribution in [0.3, 0.4) is 0 Å². The number of aromatic amines is 1. The van der Waals surface area contributed by atoms with Crippen molar-refractivity contribution in [2.75, 3.05) is 13.2 Å². The monoisotopic (exact) mass is 240 g/mol. The van der Waals surface area contributed by atoms with E-state index < -0.39 is 11.2 Å². The summed E-state index contributed by atoms with van der Waals surface area (Å²) >= 11 is 0. The van der Waals surface area contributed by atoms with Crippen LogP contribution in [0.1, 0.15) is 18.2 Å². The fourth-order valence-electron chi connectivity index (χ4n) is 1.41. The maximum absolute atomic E-state index is 11.6. The first kappa shape index (κ1) is 13.4. The number of ether oxygens (including phenoxy) is 1. The summed E-state index contributed by atoms with van der Waals surface area (Å²) in [4.78, 5) is 25.3. The molecule has 0 unspecified atom stereocenters. The molecule has 0 radical (unpaired) electrons. The number of aromatic nitrogens is 2. The Morgan fingerprint density at radius 1 is 1.47 bits per heavy atom. The zero-order valence-corrected chi connectivity index (χ0v) is 9.90. The van der Waals surface area contributed by atoms with Crippen molar-refractivity contribution in [2.24, 2.45) is 0 Å². The highest BCUT2D eigenvalue weighted by Gasteiger charge is 2.08. The van der Waals surface area contributed by atoms with Crippen molar-refractivity contribution in [3.05, 3.63) is 38.2 Å². The number of nitrogens with one attached hydrogen (secondary N) is 1. The SMILES string of the molecule is C/C=C/c1c(C)c(=O)[nH]c(=O)n1COCCO. The van der Waals surface area contributed by atoms with Gasteiger partial charge in [0, 0.05) is 5.56 Å². The Labute approximate surface area is 98.2 Å². The lowest BCUT2D eigenvalue weighted by Gasteiger charge is -2.11. The van der Waals surface area contributed by atoms with E-state index in [-0.39, 0.29) is 19.9 Å². The molecule has 0 fully saturated rings. The average molecular weight is 240 g/mol. The van der Waals surface area contributed by atoms with Gasteiger partial charge in [-0.2, -0.15) is 0 Å². The molecule has 1 aromatic rings. The summed E-state index contributed by atoms with van der Waals surface area (Å²) < 4.78 is 6.40. The van der Waals surface area contributed by atoms with Crippen molar-refractivity contribution >= 4 is 6.08 Å². The molecule has 0 saturated carbocycles. The van der Waals surface area contributed by atoms with Gasteiger partial charge in [0.2, 0.25) is 0 Å². The summed E-state index contributed by atoms with van der Waals surface area (Å²) in [5, 5.41) is 8.60. The molecule has 1 heterocycles. The molecule has 0 atom stereocenters. The maximum Gasteiger partial charge on any atom is 0.330 e. The summed E-state index contributed by atoms with van der Waals surface area (Å²) in [6, 6.07) is 0. The minimum Gasteiger partial charge on any atom is -0.394 e. The van der Waals surface area contributed by atoms with Gasteiger partial charge < -0.3 is 9.84 Å². The molecule has 0 saturated heterocycles. The smallest absolute Gasteiger partial charge is 0.330 e. The highest BCUT2D eigenvalue weighted by molar-refractivity contribution is 5.48. The Balaban J connectivity index is 3.21. The molecule has 0 aliphatic heterocycles. The van der Waals surface area contributed by atoms with Crippen LogP contribution in [0.2, 0.25) is 0 Å². The Morgan fingerprint density at radius 3 is 2.76 bits per heavy atom. The fourth-order valence-corrected chi connectivity index (χ4v) is 1.41. The molecule has 94 valence electrons. The van der Waals surface area contributed by atoms with Gasteiger partial charge in [-0.25, -0.2) is 4.79 Å². The minimum absolute atomic E-state index is 0.00329. The number of aliphatic hydroxyl groups is 1. The van der Waals surface area contributed by atoms with Gasteiger partial charge in [0.05, 0.1) is 18.9 Å². The number of H-pyrrole nitrogens is 1. The van der Waals surface area contributed by atoms with Crippen LogP contribution in [0, 0.1) is 6.92 Å². The molecular weight excluding hydrogens is 224 g/mol. The van der Waals surface area contributed by atoms with Gasteiger partial charge in [-0.3, -0.25) is 14.3 Å². The van der Waals surface area contributed by atoms with E-state index >= 15 is 0 Å². The number of nitrogens with zero attached hydrogens (tertiary/aromatic N) is 1. The molecule has 2 N–H and O–H groups in total. The number of hydrogen-bond donors (Lipinski definition) is 2. The van der Waals surface area contributed by atoms with Crippen LogP contribution < -0.4 is 11.2 Å². The van der Waals surface area contributed by atoms with Crippen molar-refractivity contribution in [2.45, 2.75) is 20.6 Å². The largest absolute Gasteiger partial charge is 0.394 e. The van der Waals surface area contributed by atoms with E-state index in [1.165, 1.54) is 4.57 Å². The summed E-state index contributed by atoms with van der Waals surface area (Å²) in [7, 11) is 0. The Hall–Kier alpha value is -1.66. The Kier molecular flexibility index (Phi) is 4.86. The van der Waals surface area contributed by atoms with E-state index in [0.717, 1.165) is 0 Å². The van der Waals surface area contributed by atoms with Gasteiger partial charge >= 0.3 is 5.69 Å². The van der Waals surface area contributed by atoms with E-state index in [1.54, 1.807) is 26.0 Å². The summed E-state index contributed by atoms with van der Waals surface area (Å²) in [5.74, 6) is 0. The highest BCUT2D eigenvalue weighted by Crippen LogP contribution is 2.03. The van der Waals surface area contributed by atoms with Crippen LogP contribution >= 0.6 is 0 Å². The van der Waals surface area contributed by atoms with Crippen LogP contribution in [0.4, 0.5) is 0 Å². The van der Waals surface area contributed by atoms with Crippen molar-refractivity contribution in [3.8, 4) is 0 Å². The molecule has 6 nitrogen and oxygen atoms in total. The molecule has 0 amide bonds. The standard InChI is InChI=1S/C11H16N2O4/c1-3-4-9-8(2)10(15)12-11(16)13(9)7-17-6-5-14/h3-4,14H,5-7H2,1-2H3,(H,12,15,16)/b4-3+. The molecule has 1 aromatic heterocycles. The summed E-state index contributed by atoms with van der Waals surface area (Å²) in [5.41, 5.74) is 0.0441. The fraction of sp³-hybridized carbons (Fsp3) is 0.455. The number of aliphatic hydroxyl groups excluding tert-OH is 1. The van der Waals surface area contributed by atoms with Crippen molar-refractivity contribution < 1.29 is 9.84 Å². The maximum atomic E-state index is 11.6. The second-order valence-electron chi connectivity index (χ2n) is 3.46. The second-order valence-corrected chi connectivity index (χ2v) is 3.46. The molecule has 0 aliphatic rings. The van der Waals surface area contributed by atoms with Crippen LogP contribution in [0.25, 0.3) is 6.08 Å². The Morgan fingerprint density at radius 2 is 2.18 bits per heavy atom. The summed E-state index contributed by atoms with van der Waals surface area (Å²) in [6.45, 7) is 3.45. The van der Waals surface area contributed by atoms with Crippen LogP contribution in [-0.4, -0.2) is 27.9 Å². The third-order valence-electron chi connectivity index (χ3n) is 2.26. The van der Waals surface area contributed by atoms with Crippen molar-refractivity contribution in [3.63, 3.8) is 0 Å². The molecule has 17 heavy (non-hydrogen) atoms. The van der Waals surface area contributed by atoms with E-state index in [4.69, 9.17) is 9.84 Å². The molecule has 0 aromatic carbocycles. The lowest BCUT2D eigenvalue weighted by Crippen LogP contribution is -2.34. The number of allylic oxidation sites excluding steroid dienone is 1. The lowest BCUT2D eigenvalue weighted by atomic mass is 10.2. The van der Waals surface area contributed by atoms with E-state index in [9.17, 15) is 9.59 Å². The number of hydrogen-bond acceptors (Lipinski definition) is 4. The topological polar surface area (TPSA) is 84.3 Å². The molecule has 6 heteroatoms. The Bertz CT molecular complexity index is 513. The second kappa shape index (κ2) is 6.17. The normalized spacial score (nSPS) is 11.2. The lowest BCUT2D eigenvalue weighted by molar-refractivity contribution is 0.0452. The summed E-state index contributed by atoms with van der Waals surface area (Å²) in [6.07, 6.45) is 3.41. The molecule has 0 spiro atoms. The van der Waals surface area contributed by atoms with Gasteiger partial charge in [0.25, 0.3) is 5.56 Å². The third-order valence-corrected chi connectivity index (χ3v) is 2.26. The quantitative estimate of drug-likeness (QED) is 0.701. The first-order valence-corrected chi connectivity index (χ1v) is 5.26.